The number of H-pyrrole nitrogens is 1. The fourth-order valence-electron chi connectivity index (χ4n) is 2.48. The van der Waals surface area contributed by atoms with Crippen molar-refractivity contribution < 1.29 is 9.50 Å². The second-order valence-corrected chi connectivity index (χ2v) is 5.89. The molecule has 3 rings (SSSR count). The number of hydrogen-bond acceptors (Lipinski definition) is 3. The van der Waals surface area contributed by atoms with E-state index in [0.29, 0.717) is 11.1 Å². The quantitative estimate of drug-likeness (QED) is 0.725. The van der Waals surface area contributed by atoms with Gasteiger partial charge in [0.15, 0.2) is 0 Å². The molecule has 0 bridgehead atoms. The van der Waals surface area contributed by atoms with Crippen molar-refractivity contribution in [3.8, 4) is 0 Å². The number of pyridine rings is 1. The Hall–Kier alpha value is -2.79. The van der Waals surface area contributed by atoms with Crippen LogP contribution in [0, 0.1) is 5.82 Å². The average molecular weight is 324 g/mol. The summed E-state index contributed by atoms with van der Waals surface area (Å²) in [5.41, 5.74) is 0.266. The first-order chi connectivity index (χ1) is 11.5. The van der Waals surface area contributed by atoms with E-state index in [1.165, 1.54) is 30.5 Å². The summed E-state index contributed by atoms with van der Waals surface area (Å²) >= 11 is 0. The minimum absolute atomic E-state index is 0.0604. The number of aliphatic hydroxyl groups is 1. The number of aromatic nitrogens is 1. The van der Waals surface area contributed by atoms with Crippen molar-refractivity contribution in [1.82, 2.24) is 4.98 Å². The van der Waals surface area contributed by atoms with Crippen LogP contribution in [0.1, 0.15) is 18.1 Å². The smallest absolute Gasteiger partial charge is 0.257 e. The van der Waals surface area contributed by atoms with E-state index in [1.54, 1.807) is 13.0 Å². The van der Waals surface area contributed by atoms with E-state index in [2.05, 4.69) is 9.98 Å². The van der Waals surface area contributed by atoms with Gasteiger partial charge in [-0.15, -0.1) is 0 Å². The summed E-state index contributed by atoms with van der Waals surface area (Å²) in [6.07, 6.45) is 1.45. The molecule has 0 aliphatic carbocycles. The molecular formula is C19H17FN2O2. The summed E-state index contributed by atoms with van der Waals surface area (Å²) < 4.78 is 13.0. The number of aromatic amines is 1. The van der Waals surface area contributed by atoms with E-state index in [0.717, 1.165) is 10.9 Å². The van der Waals surface area contributed by atoms with E-state index in [9.17, 15) is 14.3 Å². The molecule has 1 unspecified atom stereocenters. The molecule has 1 aromatic heterocycles. The maximum atomic E-state index is 13.0. The number of halogens is 1. The molecule has 3 aromatic rings. The fourth-order valence-corrected chi connectivity index (χ4v) is 2.48. The standard InChI is InChI=1S/C19H17FN2O2/c1-19(24,15-6-8-16(20)9-7-15)12-21-11-14-10-13-4-2-3-5-17(13)22-18(14)23/h2-11,24H,12H2,1H3,(H,22,23). The van der Waals surface area contributed by atoms with Crippen LogP contribution < -0.4 is 5.56 Å². The first-order valence-corrected chi connectivity index (χ1v) is 7.56. The van der Waals surface area contributed by atoms with Crippen LogP contribution in [0.3, 0.4) is 0 Å². The molecule has 4 nitrogen and oxygen atoms in total. The van der Waals surface area contributed by atoms with Gasteiger partial charge in [-0.25, -0.2) is 4.39 Å². The second kappa shape index (κ2) is 6.37. The molecule has 0 saturated heterocycles. The van der Waals surface area contributed by atoms with Crippen molar-refractivity contribution in [3.05, 3.63) is 81.9 Å². The van der Waals surface area contributed by atoms with Crippen molar-refractivity contribution >= 4 is 17.1 Å². The summed E-state index contributed by atoms with van der Waals surface area (Å²) in [5.74, 6) is -0.360. The lowest BCUT2D eigenvalue weighted by atomic mass is 9.96. The largest absolute Gasteiger partial charge is 0.384 e. The Morgan fingerprint density at radius 3 is 2.67 bits per heavy atom. The molecule has 5 heteroatoms. The topological polar surface area (TPSA) is 65.5 Å². The highest BCUT2D eigenvalue weighted by molar-refractivity contribution is 5.87. The molecule has 2 aromatic carbocycles. The van der Waals surface area contributed by atoms with Crippen LogP contribution in [0.4, 0.5) is 4.39 Å². The third kappa shape index (κ3) is 3.41. The Morgan fingerprint density at radius 1 is 1.21 bits per heavy atom. The van der Waals surface area contributed by atoms with Gasteiger partial charge in [0.1, 0.15) is 11.4 Å². The molecule has 2 N–H and O–H groups in total. The summed E-state index contributed by atoms with van der Waals surface area (Å²) in [4.78, 5) is 19.0. The Balaban J connectivity index is 1.82. The van der Waals surface area contributed by atoms with Crippen molar-refractivity contribution in [2.45, 2.75) is 12.5 Å². The van der Waals surface area contributed by atoms with Gasteiger partial charge in [0.05, 0.1) is 12.1 Å². The highest BCUT2D eigenvalue weighted by Gasteiger charge is 2.22. The van der Waals surface area contributed by atoms with E-state index in [-0.39, 0.29) is 17.9 Å². The van der Waals surface area contributed by atoms with Gasteiger partial charge >= 0.3 is 0 Å². The van der Waals surface area contributed by atoms with Gasteiger partial charge in [0.2, 0.25) is 0 Å². The lowest BCUT2D eigenvalue weighted by Gasteiger charge is -2.21. The van der Waals surface area contributed by atoms with Crippen molar-refractivity contribution in [1.29, 1.82) is 0 Å². The van der Waals surface area contributed by atoms with Crippen molar-refractivity contribution in [2.24, 2.45) is 4.99 Å². The zero-order valence-corrected chi connectivity index (χ0v) is 13.2. The monoisotopic (exact) mass is 324 g/mol. The van der Waals surface area contributed by atoms with Gasteiger partial charge in [0, 0.05) is 11.7 Å². The molecule has 0 radical (unpaired) electrons. The maximum Gasteiger partial charge on any atom is 0.257 e. The van der Waals surface area contributed by atoms with Gasteiger partial charge in [-0.2, -0.15) is 0 Å². The van der Waals surface area contributed by atoms with Crippen LogP contribution in [0.15, 0.2) is 64.4 Å². The molecule has 0 spiro atoms. The fraction of sp³-hybridized carbons (Fsp3) is 0.158. The highest BCUT2D eigenvalue weighted by atomic mass is 19.1. The summed E-state index contributed by atoms with van der Waals surface area (Å²) in [6, 6.07) is 14.9. The van der Waals surface area contributed by atoms with Gasteiger partial charge in [-0.05, 0) is 42.1 Å². The van der Waals surface area contributed by atoms with Crippen LogP contribution in [0.5, 0.6) is 0 Å². The lowest BCUT2D eigenvalue weighted by molar-refractivity contribution is 0.0675. The second-order valence-electron chi connectivity index (χ2n) is 5.89. The van der Waals surface area contributed by atoms with Gasteiger partial charge < -0.3 is 10.1 Å². The molecule has 0 aliphatic heterocycles. The zero-order valence-electron chi connectivity index (χ0n) is 13.2. The molecular weight excluding hydrogens is 307 g/mol. The Bertz CT molecular complexity index is 943. The first kappa shape index (κ1) is 16.1. The number of rotatable bonds is 4. The number of hydrogen-bond donors (Lipinski definition) is 2. The normalized spacial score (nSPS) is 14.1. The third-order valence-corrected chi connectivity index (χ3v) is 3.88. The van der Waals surface area contributed by atoms with Crippen molar-refractivity contribution in [3.63, 3.8) is 0 Å². The van der Waals surface area contributed by atoms with Crippen LogP contribution in [0.25, 0.3) is 10.9 Å². The number of benzene rings is 2. The molecule has 122 valence electrons. The molecule has 0 aliphatic rings. The molecule has 0 amide bonds. The number of fused-ring (bicyclic) bond motifs is 1. The molecule has 0 saturated carbocycles. The van der Waals surface area contributed by atoms with Gasteiger partial charge in [-0.1, -0.05) is 30.3 Å². The Kier molecular flexibility index (Phi) is 4.27. The zero-order chi connectivity index (χ0) is 17.2. The van der Waals surface area contributed by atoms with Crippen molar-refractivity contribution in [2.75, 3.05) is 6.54 Å². The van der Waals surface area contributed by atoms with Crippen LogP contribution >= 0.6 is 0 Å². The third-order valence-electron chi connectivity index (χ3n) is 3.88. The van der Waals surface area contributed by atoms with E-state index in [4.69, 9.17) is 0 Å². The van der Waals surface area contributed by atoms with Crippen LogP contribution in [0.2, 0.25) is 0 Å². The maximum absolute atomic E-state index is 13.0. The number of nitrogens with one attached hydrogen (secondary N) is 1. The first-order valence-electron chi connectivity index (χ1n) is 7.56. The summed E-state index contributed by atoms with van der Waals surface area (Å²) in [5, 5.41) is 11.4. The molecule has 24 heavy (non-hydrogen) atoms. The predicted molar refractivity (Wildman–Crippen MR) is 93.0 cm³/mol. The highest BCUT2D eigenvalue weighted by Crippen LogP contribution is 2.21. The summed E-state index contributed by atoms with van der Waals surface area (Å²) in [7, 11) is 0. The van der Waals surface area contributed by atoms with Gasteiger partial charge in [0.25, 0.3) is 5.56 Å². The minimum Gasteiger partial charge on any atom is -0.384 e. The molecule has 1 atom stereocenters. The van der Waals surface area contributed by atoms with Crippen LogP contribution in [-0.4, -0.2) is 22.8 Å². The Labute approximate surface area is 138 Å². The van der Waals surface area contributed by atoms with E-state index < -0.39 is 5.60 Å². The molecule has 0 fully saturated rings. The van der Waals surface area contributed by atoms with E-state index in [1.807, 2.05) is 24.3 Å². The SMILES string of the molecule is CC(O)(CN=Cc1cc2ccccc2[nH]c1=O)c1ccc(F)cc1. The number of nitrogens with zero attached hydrogens (tertiary/aromatic N) is 1. The molecule has 1 heterocycles. The summed E-state index contributed by atoms with van der Waals surface area (Å²) in [6.45, 7) is 1.66. The lowest BCUT2D eigenvalue weighted by Crippen LogP contribution is -2.25. The number of para-hydroxylation sites is 1. The Morgan fingerprint density at radius 2 is 1.92 bits per heavy atom. The minimum atomic E-state index is -1.24. The van der Waals surface area contributed by atoms with Gasteiger partial charge in [-0.3, -0.25) is 9.79 Å². The van der Waals surface area contributed by atoms with E-state index >= 15 is 0 Å². The average Bonchev–Trinajstić information content (AvgIpc) is 2.55. The van der Waals surface area contributed by atoms with Crippen LogP contribution in [-0.2, 0) is 5.60 Å². The number of aliphatic imine (C=N–C) groups is 1. The predicted octanol–water partition coefficient (Wildman–Crippen LogP) is 2.99.